The van der Waals surface area contributed by atoms with Crippen molar-refractivity contribution in [2.24, 2.45) is 5.92 Å². The first-order valence-electron chi connectivity index (χ1n) is 11.8. The fraction of sp³-hybridized carbons (Fsp3) is 0.321. The summed E-state index contributed by atoms with van der Waals surface area (Å²) in [7, 11) is 0. The zero-order chi connectivity index (χ0) is 23.9. The Balaban J connectivity index is 1.26. The predicted molar refractivity (Wildman–Crippen MR) is 144 cm³/mol. The van der Waals surface area contributed by atoms with Crippen LogP contribution in [0.25, 0.3) is 6.08 Å². The normalized spacial score (nSPS) is 18.7. The van der Waals surface area contributed by atoms with Crippen LogP contribution in [-0.2, 0) is 16.0 Å². The first-order valence-corrected chi connectivity index (χ1v) is 13.0. The van der Waals surface area contributed by atoms with Crippen molar-refractivity contribution in [1.29, 1.82) is 0 Å². The Labute approximate surface area is 211 Å². The molecule has 4 nitrogen and oxygen atoms in total. The standard InChI is InChI=1S/C28H30N2O2S2/c1-21(18-22-8-4-2-5-9-22)19-25-27(32)30(28(33)34-25)17-14-26(31)29-15-12-24(13-16-29)20-23-10-6-3-7-11-23/h2-11,18-19,24H,12-17,20H2,1H3. The van der Waals surface area contributed by atoms with Crippen LogP contribution >= 0.6 is 24.0 Å². The number of amides is 2. The molecule has 2 aliphatic rings. The van der Waals surface area contributed by atoms with Crippen LogP contribution in [0.5, 0.6) is 0 Å². The van der Waals surface area contributed by atoms with Gasteiger partial charge >= 0.3 is 0 Å². The molecule has 0 bridgehead atoms. The lowest BCUT2D eigenvalue weighted by molar-refractivity contribution is -0.133. The maximum Gasteiger partial charge on any atom is 0.266 e. The topological polar surface area (TPSA) is 40.6 Å². The Kier molecular flexibility index (Phi) is 8.35. The average molecular weight is 491 g/mol. The summed E-state index contributed by atoms with van der Waals surface area (Å²) in [6.07, 6.45) is 7.35. The zero-order valence-electron chi connectivity index (χ0n) is 19.5. The van der Waals surface area contributed by atoms with Gasteiger partial charge in [0.2, 0.25) is 5.91 Å². The minimum absolute atomic E-state index is 0.106. The van der Waals surface area contributed by atoms with Crippen LogP contribution in [0.15, 0.2) is 77.2 Å². The molecule has 0 radical (unpaired) electrons. The lowest BCUT2D eigenvalue weighted by Crippen LogP contribution is -2.41. The number of carbonyl (C=O) groups is 2. The van der Waals surface area contributed by atoms with E-state index in [4.69, 9.17) is 12.2 Å². The van der Waals surface area contributed by atoms with Crippen LogP contribution in [-0.4, -0.2) is 45.6 Å². The van der Waals surface area contributed by atoms with E-state index < -0.39 is 0 Å². The van der Waals surface area contributed by atoms with Crippen molar-refractivity contribution in [3.63, 3.8) is 0 Å². The summed E-state index contributed by atoms with van der Waals surface area (Å²) < 4.78 is 0.526. The Bertz CT molecular complexity index is 1090. The van der Waals surface area contributed by atoms with Gasteiger partial charge in [-0.25, -0.2) is 0 Å². The Morgan fingerprint density at radius 3 is 2.38 bits per heavy atom. The number of thiocarbonyl (C=S) groups is 1. The number of hydrogen-bond acceptors (Lipinski definition) is 4. The highest BCUT2D eigenvalue weighted by atomic mass is 32.2. The van der Waals surface area contributed by atoms with Crippen molar-refractivity contribution < 1.29 is 9.59 Å². The third-order valence-corrected chi connectivity index (χ3v) is 7.69. The third-order valence-electron chi connectivity index (χ3n) is 6.31. The van der Waals surface area contributed by atoms with Crippen LogP contribution < -0.4 is 0 Å². The first kappa shape index (κ1) is 24.4. The Hall–Kier alpha value is -2.70. The molecule has 2 aromatic rings. The summed E-state index contributed by atoms with van der Waals surface area (Å²) in [6.45, 7) is 3.90. The maximum atomic E-state index is 12.9. The van der Waals surface area contributed by atoms with Gasteiger partial charge in [0.25, 0.3) is 5.91 Å². The second kappa shape index (κ2) is 11.6. The van der Waals surface area contributed by atoms with E-state index in [1.165, 1.54) is 17.3 Å². The molecule has 0 spiro atoms. The van der Waals surface area contributed by atoms with E-state index in [1.54, 1.807) is 4.90 Å². The van der Waals surface area contributed by atoms with Crippen LogP contribution in [0, 0.1) is 5.92 Å². The fourth-order valence-electron chi connectivity index (χ4n) is 4.45. The molecule has 2 aromatic carbocycles. The van der Waals surface area contributed by atoms with Crippen LogP contribution in [0.4, 0.5) is 0 Å². The van der Waals surface area contributed by atoms with Crippen molar-refractivity contribution in [3.05, 3.63) is 88.3 Å². The monoisotopic (exact) mass is 490 g/mol. The number of likely N-dealkylation sites (tertiary alicyclic amines) is 1. The van der Waals surface area contributed by atoms with Gasteiger partial charge in [0.15, 0.2) is 0 Å². The first-order chi connectivity index (χ1) is 16.5. The summed E-state index contributed by atoms with van der Waals surface area (Å²) in [5.74, 6) is 0.622. The molecule has 0 aromatic heterocycles. The molecular weight excluding hydrogens is 460 g/mol. The summed E-state index contributed by atoms with van der Waals surface area (Å²) in [5.41, 5.74) is 3.44. The molecule has 0 N–H and O–H groups in total. The number of hydrogen-bond donors (Lipinski definition) is 0. The fourth-order valence-corrected chi connectivity index (χ4v) is 5.81. The van der Waals surface area contributed by atoms with Gasteiger partial charge in [-0.15, -0.1) is 0 Å². The molecule has 2 saturated heterocycles. The van der Waals surface area contributed by atoms with E-state index in [2.05, 4.69) is 24.3 Å². The average Bonchev–Trinajstić information content (AvgIpc) is 3.11. The van der Waals surface area contributed by atoms with E-state index in [9.17, 15) is 9.59 Å². The minimum atomic E-state index is -0.106. The van der Waals surface area contributed by atoms with Crippen molar-refractivity contribution in [1.82, 2.24) is 9.80 Å². The smallest absolute Gasteiger partial charge is 0.266 e. The Morgan fingerprint density at radius 1 is 1.06 bits per heavy atom. The highest BCUT2D eigenvalue weighted by molar-refractivity contribution is 8.26. The highest BCUT2D eigenvalue weighted by Gasteiger charge is 2.32. The number of nitrogens with zero attached hydrogens (tertiary/aromatic N) is 2. The van der Waals surface area contributed by atoms with E-state index in [1.807, 2.05) is 60.4 Å². The third kappa shape index (κ3) is 6.45. The van der Waals surface area contributed by atoms with Crippen LogP contribution in [0.1, 0.15) is 37.3 Å². The lowest BCUT2D eigenvalue weighted by Gasteiger charge is -2.32. The van der Waals surface area contributed by atoms with Crippen molar-refractivity contribution in [2.75, 3.05) is 19.6 Å². The van der Waals surface area contributed by atoms with Gasteiger partial charge in [-0.05, 0) is 54.9 Å². The molecule has 0 atom stereocenters. The molecule has 0 saturated carbocycles. The second-order valence-corrected chi connectivity index (χ2v) is 10.6. The predicted octanol–water partition coefficient (Wildman–Crippen LogP) is 5.71. The van der Waals surface area contributed by atoms with Crippen molar-refractivity contribution in [3.8, 4) is 0 Å². The summed E-state index contributed by atoms with van der Waals surface area (Å²) in [5, 5.41) is 0. The summed E-state index contributed by atoms with van der Waals surface area (Å²) in [4.78, 5) is 29.8. The molecule has 0 aliphatic carbocycles. The van der Waals surface area contributed by atoms with Gasteiger partial charge < -0.3 is 4.90 Å². The SMILES string of the molecule is CC(=Cc1ccccc1)C=C1SC(=S)N(CCC(=O)N2CCC(Cc3ccccc3)CC2)C1=O. The minimum Gasteiger partial charge on any atom is -0.343 e. The number of thioether (sulfide) groups is 1. The van der Waals surface area contributed by atoms with Crippen LogP contribution in [0.3, 0.4) is 0 Å². The molecule has 34 heavy (non-hydrogen) atoms. The molecule has 2 amide bonds. The van der Waals surface area contributed by atoms with E-state index >= 15 is 0 Å². The molecule has 0 unspecified atom stereocenters. The van der Waals surface area contributed by atoms with Gasteiger partial charge in [0.1, 0.15) is 4.32 Å². The van der Waals surface area contributed by atoms with Gasteiger partial charge in [0.05, 0.1) is 4.91 Å². The molecular formula is C28H30N2O2S2. The number of piperidine rings is 1. The number of carbonyl (C=O) groups excluding carboxylic acids is 2. The number of rotatable bonds is 7. The summed E-state index contributed by atoms with van der Waals surface area (Å²) in [6, 6.07) is 20.6. The summed E-state index contributed by atoms with van der Waals surface area (Å²) >= 11 is 6.76. The van der Waals surface area contributed by atoms with E-state index in [0.717, 1.165) is 43.5 Å². The van der Waals surface area contributed by atoms with Gasteiger partial charge in [-0.2, -0.15) is 0 Å². The van der Waals surface area contributed by atoms with Crippen LogP contribution in [0.2, 0.25) is 0 Å². The van der Waals surface area contributed by atoms with Gasteiger partial charge in [-0.1, -0.05) is 90.7 Å². The molecule has 2 heterocycles. The number of allylic oxidation sites excluding steroid dienone is 2. The van der Waals surface area contributed by atoms with Crippen molar-refractivity contribution >= 4 is 46.2 Å². The highest BCUT2D eigenvalue weighted by Crippen LogP contribution is 2.32. The zero-order valence-corrected chi connectivity index (χ0v) is 21.1. The molecule has 2 fully saturated rings. The largest absolute Gasteiger partial charge is 0.343 e. The van der Waals surface area contributed by atoms with Crippen molar-refractivity contribution in [2.45, 2.75) is 32.6 Å². The van der Waals surface area contributed by atoms with Gasteiger partial charge in [-0.3, -0.25) is 14.5 Å². The second-order valence-electron chi connectivity index (χ2n) is 8.90. The molecule has 176 valence electrons. The van der Waals surface area contributed by atoms with Gasteiger partial charge in [0, 0.05) is 26.1 Å². The lowest BCUT2D eigenvalue weighted by atomic mass is 9.90. The molecule has 2 aliphatic heterocycles. The van der Waals surface area contributed by atoms with E-state index in [0.29, 0.717) is 28.1 Å². The van der Waals surface area contributed by atoms with E-state index in [-0.39, 0.29) is 11.8 Å². The maximum absolute atomic E-state index is 12.9. The quantitative estimate of drug-likeness (QED) is 0.368. The molecule has 6 heteroatoms. The Morgan fingerprint density at radius 2 is 1.71 bits per heavy atom. The number of benzene rings is 2. The molecule has 4 rings (SSSR count).